The summed E-state index contributed by atoms with van der Waals surface area (Å²) in [4.78, 5) is 8.47. The Labute approximate surface area is 121 Å². The van der Waals surface area contributed by atoms with E-state index in [9.17, 15) is 0 Å². The zero-order valence-corrected chi connectivity index (χ0v) is 13.5. The summed E-state index contributed by atoms with van der Waals surface area (Å²) < 4.78 is 0. The van der Waals surface area contributed by atoms with Gasteiger partial charge in [0.1, 0.15) is 0 Å². The molecule has 0 saturated heterocycles. The maximum absolute atomic E-state index is 4.65. The van der Waals surface area contributed by atoms with Crippen molar-refractivity contribution in [3.63, 3.8) is 0 Å². The average molecular weight is 281 g/mol. The Morgan fingerprint density at radius 2 is 2.16 bits per heavy atom. The fourth-order valence-electron chi connectivity index (χ4n) is 2.16. The summed E-state index contributed by atoms with van der Waals surface area (Å²) >= 11 is 1.85. The summed E-state index contributed by atoms with van der Waals surface area (Å²) in [5.41, 5.74) is 0. The molecule has 1 unspecified atom stereocenters. The number of rotatable bonds is 8. The molecule has 2 rings (SSSR count). The largest absolute Gasteiger partial charge is 0.345 e. The maximum Gasteiger partial charge on any atom is 0.185 e. The molecule has 1 N–H and O–H groups in total. The van der Waals surface area contributed by atoms with Gasteiger partial charge in [-0.1, -0.05) is 6.92 Å². The van der Waals surface area contributed by atoms with Gasteiger partial charge in [0, 0.05) is 29.7 Å². The third kappa shape index (κ3) is 4.18. The van der Waals surface area contributed by atoms with Crippen LogP contribution in [-0.2, 0) is 0 Å². The number of hydrogen-bond acceptors (Lipinski definition) is 4. The van der Waals surface area contributed by atoms with Crippen LogP contribution in [0.25, 0.3) is 0 Å². The predicted octanol–water partition coefficient (Wildman–Crippen LogP) is 3.83. The van der Waals surface area contributed by atoms with E-state index in [4.69, 9.17) is 0 Å². The highest BCUT2D eigenvalue weighted by Crippen LogP contribution is 2.34. The van der Waals surface area contributed by atoms with Crippen molar-refractivity contribution in [3.05, 3.63) is 11.1 Å². The molecule has 3 nitrogen and oxygen atoms in total. The van der Waals surface area contributed by atoms with Crippen LogP contribution in [0, 0.1) is 5.92 Å². The lowest BCUT2D eigenvalue weighted by Crippen LogP contribution is -2.32. The summed E-state index contributed by atoms with van der Waals surface area (Å²) in [5, 5.41) is 4.73. The molecule has 1 heterocycles. The van der Waals surface area contributed by atoms with E-state index in [-0.39, 0.29) is 0 Å². The molecule has 0 spiro atoms. The Morgan fingerprint density at radius 1 is 1.42 bits per heavy atom. The molecule has 1 atom stereocenters. The molecule has 0 bridgehead atoms. The van der Waals surface area contributed by atoms with Gasteiger partial charge in [-0.15, -0.1) is 11.3 Å². The fraction of sp³-hybridized carbons (Fsp3) is 0.800. The summed E-state index contributed by atoms with van der Waals surface area (Å²) in [6.07, 6.45) is 6.03. The third-order valence-corrected chi connectivity index (χ3v) is 4.88. The van der Waals surface area contributed by atoms with Crippen LogP contribution in [0.2, 0.25) is 0 Å². The van der Waals surface area contributed by atoms with Gasteiger partial charge in [-0.3, -0.25) is 0 Å². The van der Waals surface area contributed by atoms with Gasteiger partial charge >= 0.3 is 0 Å². The number of hydrogen-bond donors (Lipinski definition) is 1. The van der Waals surface area contributed by atoms with E-state index in [1.807, 2.05) is 11.3 Å². The first-order valence-electron chi connectivity index (χ1n) is 7.57. The van der Waals surface area contributed by atoms with Gasteiger partial charge in [0.05, 0.1) is 0 Å². The average Bonchev–Trinajstić information content (AvgIpc) is 3.08. The van der Waals surface area contributed by atoms with E-state index in [1.165, 1.54) is 35.8 Å². The van der Waals surface area contributed by atoms with Gasteiger partial charge in [-0.25, -0.2) is 4.98 Å². The Bertz CT molecular complexity index is 384. The second kappa shape index (κ2) is 6.71. The predicted molar refractivity (Wildman–Crippen MR) is 84.0 cm³/mol. The smallest absolute Gasteiger partial charge is 0.185 e. The fourth-order valence-corrected chi connectivity index (χ4v) is 3.24. The molecule has 1 aliphatic carbocycles. The lowest BCUT2D eigenvalue weighted by molar-refractivity contribution is 0.577. The second-order valence-corrected chi connectivity index (χ2v) is 6.95. The highest BCUT2D eigenvalue weighted by molar-refractivity contribution is 7.15. The van der Waals surface area contributed by atoms with Crippen LogP contribution in [0.4, 0.5) is 5.13 Å². The quantitative estimate of drug-likeness (QED) is 0.785. The van der Waals surface area contributed by atoms with Gasteiger partial charge in [0.15, 0.2) is 5.13 Å². The standard InChI is InChI=1S/C15H27N3S/c1-5-8-16-12(4)14-9-17-15(19-14)18(11(2)3)10-13-6-7-13/h9,11-13,16H,5-8,10H2,1-4H3. The molecule has 1 fully saturated rings. The molecule has 108 valence electrons. The Balaban J connectivity index is 2.00. The zero-order valence-electron chi connectivity index (χ0n) is 12.6. The summed E-state index contributed by atoms with van der Waals surface area (Å²) in [5.74, 6) is 0.908. The molecule has 19 heavy (non-hydrogen) atoms. The van der Waals surface area contributed by atoms with E-state index in [0.29, 0.717) is 12.1 Å². The lowest BCUT2D eigenvalue weighted by atomic mass is 10.3. The highest BCUT2D eigenvalue weighted by atomic mass is 32.1. The molecule has 0 radical (unpaired) electrons. The number of nitrogens with zero attached hydrogens (tertiary/aromatic N) is 2. The van der Waals surface area contributed by atoms with E-state index in [1.54, 1.807) is 0 Å². The van der Waals surface area contributed by atoms with E-state index in [0.717, 1.165) is 12.5 Å². The van der Waals surface area contributed by atoms with Crippen molar-refractivity contribution < 1.29 is 0 Å². The van der Waals surface area contributed by atoms with Crippen molar-refractivity contribution in [1.82, 2.24) is 10.3 Å². The molecule has 0 aliphatic heterocycles. The topological polar surface area (TPSA) is 28.2 Å². The number of thiazole rings is 1. The Morgan fingerprint density at radius 3 is 2.74 bits per heavy atom. The van der Waals surface area contributed by atoms with E-state index >= 15 is 0 Å². The first kappa shape index (κ1) is 14.8. The van der Waals surface area contributed by atoms with Gasteiger partial charge in [0.25, 0.3) is 0 Å². The zero-order chi connectivity index (χ0) is 13.8. The van der Waals surface area contributed by atoms with Crippen molar-refractivity contribution in [1.29, 1.82) is 0 Å². The lowest BCUT2D eigenvalue weighted by Gasteiger charge is -2.26. The van der Waals surface area contributed by atoms with Crippen molar-refractivity contribution in [2.75, 3.05) is 18.0 Å². The monoisotopic (exact) mass is 281 g/mol. The molecule has 1 saturated carbocycles. The SMILES string of the molecule is CCCNC(C)c1cnc(N(CC2CC2)C(C)C)s1. The van der Waals surface area contributed by atoms with Crippen LogP contribution in [0.3, 0.4) is 0 Å². The van der Waals surface area contributed by atoms with Gasteiger partial charge in [0.2, 0.25) is 0 Å². The summed E-state index contributed by atoms with van der Waals surface area (Å²) in [6.45, 7) is 11.2. The van der Waals surface area contributed by atoms with Crippen LogP contribution in [0.15, 0.2) is 6.20 Å². The minimum absolute atomic E-state index is 0.418. The molecule has 1 aromatic heterocycles. The van der Waals surface area contributed by atoms with E-state index in [2.05, 4.69) is 49.1 Å². The second-order valence-electron chi connectivity index (χ2n) is 5.91. The minimum atomic E-state index is 0.418. The Hall–Kier alpha value is -0.610. The number of aromatic nitrogens is 1. The first-order valence-corrected chi connectivity index (χ1v) is 8.39. The summed E-state index contributed by atoms with van der Waals surface area (Å²) in [6, 6.07) is 0.958. The molecule has 1 aromatic rings. The molecule has 4 heteroatoms. The Kier molecular flexibility index (Phi) is 5.22. The van der Waals surface area contributed by atoms with Crippen LogP contribution >= 0.6 is 11.3 Å². The van der Waals surface area contributed by atoms with Crippen molar-refractivity contribution >= 4 is 16.5 Å². The van der Waals surface area contributed by atoms with Crippen molar-refractivity contribution in [2.24, 2.45) is 5.92 Å². The van der Waals surface area contributed by atoms with Crippen molar-refractivity contribution in [3.8, 4) is 0 Å². The molecular formula is C15H27N3S. The molecule has 0 aromatic carbocycles. The third-order valence-electron chi connectivity index (χ3n) is 3.66. The normalized spacial score (nSPS) is 16.9. The number of nitrogens with one attached hydrogen (secondary N) is 1. The molecular weight excluding hydrogens is 254 g/mol. The molecule has 1 aliphatic rings. The summed E-state index contributed by atoms with van der Waals surface area (Å²) in [7, 11) is 0. The molecule has 0 amide bonds. The number of anilines is 1. The van der Waals surface area contributed by atoms with Gasteiger partial charge in [-0.2, -0.15) is 0 Å². The maximum atomic E-state index is 4.65. The van der Waals surface area contributed by atoms with Crippen molar-refractivity contribution in [2.45, 2.75) is 59.0 Å². The highest BCUT2D eigenvalue weighted by Gasteiger charge is 2.27. The van der Waals surface area contributed by atoms with Crippen LogP contribution in [0.1, 0.15) is 57.9 Å². The van der Waals surface area contributed by atoms with Gasteiger partial charge < -0.3 is 10.2 Å². The first-order chi connectivity index (χ1) is 9.11. The van der Waals surface area contributed by atoms with Crippen LogP contribution < -0.4 is 10.2 Å². The van der Waals surface area contributed by atoms with Gasteiger partial charge in [-0.05, 0) is 52.5 Å². The minimum Gasteiger partial charge on any atom is -0.345 e. The van der Waals surface area contributed by atoms with Crippen LogP contribution in [-0.4, -0.2) is 24.1 Å². The van der Waals surface area contributed by atoms with Crippen LogP contribution in [0.5, 0.6) is 0 Å². The van der Waals surface area contributed by atoms with E-state index < -0.39 is 0 Å².